The molecule has 2 aliphatic rings. The normalized spacial score (nSPS) is 22.4. The minimum atomic E-state index is -0.483. The van der Waals surface area contributed by atoms with Gasteiger partial charge in [-0.1, -0.05) is 13.8 Å². The van der Waals surface area contributed by atoms with Gasteiger partial charge < -0.3 is 14.1 Å². The number of oxazole rings is 1. The number of anilines is 1. The summed E-state index contributed by atoms with van der Waals surface area (Å²) in [6.45, 7) is 11.5. The second-order valence-corrected chi connectivity index (χ2v) is 10.4. The molecule has 2 bridgehead atoms. The highest BCUT2D eigenvalue weighted by atomic mass is 79.9. The fourth-order valence-electron chi connectivity index (χ4n) is 4.35. The van der Waals surface area contributed by atoms with Gasteiger partial charge in [0, 0.05) is 13.1 Å². The van der Waals surface area contributed by atoms with Gasteiger partial charge in [0.2, 0.25) is 0 Å². The highest BCUT2D eigenvalue weighted by Crippen LogP contribution is 2.36. The first-order valence-corrected chi connectivity index (χ1v) is 11.3. The number of nitrogens with zero attached hydrogens (tertiary/aromatic N) is 3. The van der Waals surface area contributed by atoms with E-state index < -0.39 is 5.60 Å². The summed E-state index contributed by atoms with van der Waals surface area (Å²) in [4.78, 5) is 21.7. The number of hydrogen-bond donors (Lipinski definition) is 0. The van der Waals surface area contributed by atoms with Crippen molar-refractivity contribution in [2.45, 2.75) is 77.5 Å². The second kappa shape index (κ2) is 7.49. The maximum atomic E-state index is 12.8. The molecule has 4 rings (SSSR count). The number of halogens is 1. The fraction of sp³-hybridized carbons (Fsp3) is 0.636. The van der Waals surface area contributed by atoms with Crippen molar-refractivity contribution >= 4 is 39.1 Å². The molecule has 1 aromatic carbocycles. The van der Waals surface area contributed by atoms with Crippen LogP contribution >= 0.6 is 15.9 Å². The number of aromatic nitrogens is 1. The van der Waals surface area contributed by atoms with E-state index in [0.717, 1.165) is 47.9 Å². The van der Waals surface area contributed by atoms with Crippen LogP contribution in [-0.4, -0.2) is 46.8 Å². The predicted molar refractivity (Wildman–Crippen MR) is 118 cm³/mol. The van der Waals surface area contributed by atoms with Crippen molar-refractivity contribution in [2.75, 3.05) is 18.0 Å². The van der Waals surface area contributed by atoms with E-state index in [1.807, 2.05) is 25.7 Å². The topological polar surface area (TPSA) is 58.8 Å². The quantitative estimate of drug-likeness (QED) is 0.572. The van der Waals surface area contributed by atoms with Gasteiger partial charge in [-0.15, -0.1) is 0 Å². The highest BCUT2D eigenvalue weighted by Gasteiger charge is 2.43. The van der Waals surface area contributed by atoms with Crippen LogP contribution in [0.1, 0.15) is 65.4 Å². The first-order chi connectivity index (χ1) is 13.6. The zero-order valence-corrected chi connectivity index (χ0v) is 19.5. The van der Waals surface area contributed by atoms with E-state index in [9.17, 15) is 4.79 Å². The zero-order valence-electron chi connectivity index (χ0n) is 17.9. The summed E-state index contributed by atoms with van der Waals surface area (Å²) in [6.07, 6.45) is 2.90. The molecule has 2 aliphatic heterocycles. The zero-order chi connectivity index (χ0) is 20.9. The lowest BCUT2D eigenvalue weighted by molar-refractivity contribution is -0.0102. The Morgan fingerprint density at radius 1 is 1.24 bits per heavy atom. The third kappa shape index (κ3) is 4.11. The number of fused-ring (bicyclic) bond motifs is 3. The molecule has 158 valence electrons. The molecule has 1 amide bonds. The van der Waals surface area contributed by atoms with E-state index in [1.54, 1.807) is 0 Å². The molecule has 2 aromatic rings. The van der Waals surface area contributed by atoms with E-state index in [4.69, 9.17) is 14.1 Å². The van der Waals surface area contributed by atoms with E-state index in [0.29, 0.717) is 11.9 Å². The lowest BCUT2D eigenvalue weighted by Gasteiger charge is -2.49. The maximum Gasteiger partial charge on any atom is 0.410 e. The summed E-state index contributed by atoms with van der Waals surface area (Å²) in [5.74, 6) is 0.424. The molecule has 0 spiro atoms. The molecule has 2 unspecified atom stereocenters. The summed E-state index contributed by atoms with van der Waals surface area (Å²) in [5.41, 5.74) is 2.40. The number of hydrogen-bond acceptors (Lipinski definition) is 5. The molecule has 0 N–H and O–H groups in total. The molecule has 1 aromatic heterocycles. The SMILES string of the molecule is CC(C)c1cc(Br)c2oc(N3CC4CCCC(C3)N4C(=O)OC(C)(C)C)nc2c1. The van der Waals surface area contributed by atoms with Crippen LogP contribution < -0.4 is 4.90 Å². The number of ether oxygens (including phenoxy) is 1. The van der Waals surface area contributed by atoms with Crippen LogP contribution in [0.15, 0.2) is 21.0 Å². The second-order valence-electron chi connectivity index (χ2n) is 9.53. The number of piperidine rings is 1. The Kier molecular flexibility index (Phi) is 5.30. The molecular formula is C22H30BrN3O3. The number of carbonyl (C=O) groups excluding carboxylic acids is 1. The molecule has 6 nitrogen and oxygen atoms in total. The smallest absolute Gasteiger partial charge is 0.410 e. The molecule has 3 heterocycles. The van der Waals surface area contributed by atoms with Gasteiger partial charge in [-0.25, -0.2) is 4.79 Å². The third-order valence-electron chi connectivity index (χ3n) is 5.72. The average molecular weight is 464 g/mol. The van der Waals surface area contributed by atoms with Gasteiger partial charge in [0.05, 0.1) is 16.6 Å². The Hall–Kier alpha value is -1.76. The number of carbonyl (C=O) groups is 1. The summed E-state index contributed by atoms with van der Waals surface area (Å²) < 4.78 is 12.8. The number of benzene rings is 1. The Balaban J connectivity index is 1.59. The average Bonchev–Trinajstić information content (AvgIpc) is 3.03. The monoisotopic (exact) mass is 463 g/mol. The fourth-order valence-corrected chi connectivity index (χ4v) is 4.89. The maximum absolute atomic E-state index is 12.8. The van der Waals surface area contributed by atoms with Crippen LogP contribution in [0.5, 0.6) is 0 Å². The molecule has 2 saturated heterocycles. The van der Waals surface area contributed by atoms with Gasteiger partial charge in [0.1, 0.15) is 11.1 Å². The standard InChI is InChI=1S/C22H30BrN3O3/c1-13(2)14-9-17(23)19-18(10-14)24-20(28-19)25-11-15-7-6-8-16(12-25)26(15)21(27)29-22(3,4)5/h9-10,13,15-16H,6-8,11-12H2,1-5H3. The summed E-state index contributed by atoms with van der Waals surface area (Å²) in [6, 6.07) is 5.11. The van der Waals surface area contributed by atoms with E-state index in [-0.39, 0.29) is 18.2 Å². The Labute approximate surface area is 180 Å². The largest absolute Gasteiger partial charge is 0.444 e. The molecule has 0 aliphatic carbocycles. The molecule has 0 radical (unpaired) electrons. The summed E-state index contributed by atoms with van der Waals surface area (Å²) >= 11 is 3.64. The Bertz CT molecular complexity index is 904. The number of piperazine rings is 1. The Morgan fingerprint density at radius 2 is 1.90 bits per heavy atom. The highest BCUT2D eigenvalue weighted by molar-refractivity contribution is 9.10. The first kappa shape index (κ1) is 20.5. The molecule has 29 heavy (non-hydrogen) atoms. The molecular weight excluding hydrogens is 434 g/mol. The number of amides is 1. The van der Waals surface area contributed by atoms with Crippen molar-refractivity contribution in [3.63, 3.8) is 0 Å². The van der Waals surface area contributed by atoms with Crippen molar-refractivity contribution in [1.29, 1.82) is 0 Å². The molecule has 7 heteroatoms. The Morgan fingerprint density at radius 3 is 2.48 bits per heavy atom. The predicted octanol–water partition coefficient (Wildman–Crippen LogP) is 5.69. The van der Waals surface area contributed by atoms with Crippen LogP contribution in [0.25, 0.3) is 11.1 Å². The summed E-state index contributed by atoms with van der Waals surface area (Å²) in [7, 11) is 0. The molecule has 2 atom stereocenters. The van der Waals surface area contributed by atoms with Crippen molar-refractivity contribution in [1.82, 2.24) is 9.88 Å². The van der Waals surface area contributed by atoms with Crippen LogP contribution in [-0.2, 0) is 4.74 Å². The van der Waals surface area contributed by atoms with Crippen molar-refractivity contribution in [3.05, 3.63) is 22.2 Å². The van der Waals surface area contributed by atoms with Gasteiger partial charge in [0.15, 0.2) is 5.58 Å². The van der Waals surface area contributed by atoms with E-state index in [2.05, 4.69) is 46.8 Å². The minimum Gasteiger partial charge on any atom is -0.444 e. The molecule has 0 saturated carbocycles. The van der Waals surface area contributed by atoms with Gasteiger partial charge >= 0.3 is 6.09 Å². The van der Waals surface area contributed by atoms with Crippen LogP contribution in [0.3, 0.4) is 0 Å². The third-order valence-corrected chi connectivity index (χ3v) is 6.31. The van der Waals surface area contributed by atoms with Gasteiger partial charge in [-0.3, -0.25) is 4.90 Å². The lowest BCUT2D eigenvalue weighted by Crippen LogP contribution is -2.63. The van der Waals surface area contributed by atoms with Crippen LogP contribution in [0.4, 0.5) is 10.8 Å². The first-order valence-electron chi connectivity index (χ1n) is 10.5. The van der Waals surface area contributed by atoms with Crippen molar-refractivity contribution in [2.24, 2.45) is 0 Å². The summed E-state index contributed by atoms with van der Waals surface area (Å²) in [5, 5.41) is 0. The lowest BCUT2D eigenvalue weighted by atomic mass is 9.92. The van der Waals surface area contributed by atoms with E-state index in [1.165, 1.54) is 5.56 Å². The van der Waals surface area contributed by atoms with Crippen LogP contribution in [0, 0.1) is 0 Å². The van der Waals surface area contributed by atoms with Crippen LogP contribution in [0.2, 0.25) is 0 Å². The van der Waals surface area contributed by atoms with E-state index >= 15 is 0 Å². The van der Waals surface area contributed by atoms with Crippen molar-refractivity contribution < 1.29 is 13.9 Å². The minimum absolute atomic E-state index is 0.127. The van der Waals surface area contributed by atoms with Gasteiger partial charge in [0.25, 0.3) is 6.01 Å². The molecule has 2 fully saturated rings. The van der Waals surface area contributed by atoms with Gasteiger partial charge in [-0.2, -0.15) is 4.98 Å². The van der Waals surface area contributed by atoms with Crippen molar-refractivity contribution in [3.8, 4) is 0 Å². The van der Waals surface area contributed by atoms with Gasteiger partial charge in [-0.05, 0) is 79.6 Å². The number of rotatable bonds is 2.